The molecule has 2 aliphatic heterocycles. The van der Waals surface area contributed by atoms with Gasteiger partial charge in [-0.1, -0.05) is 17.7 Å². The van der Waals surface area contributed by atoms with Gasteiger partial charge >= 0.3 is 0 Å². The molecule has 4 heterocycles. The van der Waals surface area contributed by atoms with E-state index in [-0.39, 0.29) is 22.6 Å². The van der Waals surface area contributed by atoms with Crippen molar-refractivity contribution < 1.29 is 9.13 Å². The van der Waals surface area contributed by atoms with Gasteiger partial charge in [-0.3, -0.25) is 4.40 Å². The Morgan fingerprint density at radius 1 is 1.30 bits per heavy atom. The summed E-state index contributed by atoms with van der Waals surface area (Å²) in [7, 11) is 0. The number of hydrogen-bond acceptors (Lipinski definition) is 5. The van der Waals surface area contributed by atoms with Crippen molar-refractivity contribution in [1.82, 2.24) is 14.4 Å². The van der Waals surface area contributed by atoms with Crippen molar-refractivity contribution in [2.75, 3.05) is 24.6 Å². The molecule has 0 radical (unpaired) electrons. The fourth-order valence-electron chi connectivity index (χ4n) is 4.95. The van der Waals surface area contributed by atoms with Gasteiger partial charge in [0.2, 0.25) is 0 Å². The van der Waals surface area contributed by atoms with E-state index in [0.717, 1.165) is 44.0 Å². The first-order chi connectivity index (χ1) is 14.4. The number of rotatable bonds is 2. The highest BCUT2D eigenvalue weighted by molar-refractivity contribution is 6.31. The lowest BCUT2D eigenvalue weighted by Crippen LogP contribution is -2.50. The Morgan fingerprint density at radius 2 is 2.07 bits per heavy atom. The monoisotopic (exact) mass is 429 g/mol. The number of piperidine rings is 1. The molecule has 0 unspecified atom stereocenters. The molecule has 30 heavy (non-hydrogen) atoms. The largest absolute Gasteiger partial charge is 0.376 e. The SMILES string of the molecule is Cc1nc(N2CCC3(CC2)CO[C@@H](C)[C@H]3N)c2nccn2c1-c1cccc(Cl)c1F. The summed E-state index contributed by atoms with van der Waals surface area (Å²) in [5, 5.41) is 0.0925. The Balaban J connectivity index is 1.52. The van der Waals surface area contributed by atoms with E-state index in [1.54, 1.807) is 24.4 Å². The van der Waals surface area contributed by atoms with Crippen LogP contribution >= 0.6 is 11.6 Å². The maximum Gasteiger partial charge on any atom is 0.180 e. The number of fused-ring (bicyclic) bond motifs is 1. The fourth-order valence-corrected chi connectivity index (χ4v) is 5.12. The highest BCUT2D eigenvalue weighted by Crippen LogP contribution is 2.42. The lowest BCUT2D eigenvalue weighted by molar-refractivity contribution is 0.0974. The van der Waals surface area contributed by atoms with Crippen LogP contribution in [0, 0.1) is 18.2 Å². The predicted molar refractivity (Wildman–Crippen MR) is 115 cm³/mol. The molecule has 0 bridgehead atoms. The van der Waals surface area contributed by atoms with Gasteiger partial charge in [-0.15, -0.1) is 0 Å². The van der Waals surface area contributed by atoms with Gasteiger partial charge in [0, 0.05) is 42.5 Å². The summed E-state index contributed by atoms with van der Waals surface area (Å²) < 4.78 is 22.5. The molecular formula is C22H25ClFN5O. The zero-order valence-corrected chi connectivity index (χ0v) is 17.9. The van der Waals surface area contributed by atoms with E-state index in [2.05, 4.69) is 16.8 Å². The first-order valence-corrected chi connectivity index (χ1v) is 10.7. The summed E-state index contributed by atoms with van der Waals surface area (Å²) in [6, 6.07) is 5.07. The smallest absolute Gasteiger partial charge is 0.180 e. The molecule has 5 rings (SSSR count). The maximum atomic E-state index is 14.8. The minimum atomic E-state index is -0.448. The Hall–Kier alpha value is -2.22. The Kier molecular flexibility index (Phi) is 4.72. The molecule has 8 heteroatoms. The van der Waals surface area contributed by atoms with E-state index >= 15 is 0 Å². The minimum Gasteiger partial charge on any atom is -0.376 e. The van der Waals surface area contributed by atoms with Gasteiger partial charge in [0.05, 0.1) is 29.1 Å². The molecule has 3 aromatic rings. The van der Waals surface area contributed by atoms with E-state index in [1.807, 2.05) is 17.5 Å². The quantitative estimate of drug-likeness (QED) is 0.670. The number of nitrogens with zero attached hydrogens (tertiary/aromatic N) is 4. The molecule has 2 fully saturated rings. The average molecular weight is 430 g/mol. The molecule has 0 aliphatic carbocycles. The fraction of sp³-hybridized carbons (Fsp3) is 0.455. The maximum absolute atomic E-state index is 14.8. The number of hydrogen-bond donors (Lipinski definition) is 1. The number of nitrogens with two attached hydrogens (primary N) is 1. The summed E-state index contributed by atoms with van der Waals surface area (Å²) in [4.78, 5) is 11.7. The van der Waals surface area contributed by atoms with Crippen LogP contribution in [0.2, 0.25) is 5.02 Å². The molecule has 2 atom stereocenters. The van der Waals surface area contributed by atoms with Gasteiger partial charge in [-0.05, 0) is 38.8 Å². The molecule has 2 N–H and O–H groups in total. The van der Waals surface area contributed by atoms with Gasteiger partial charge < -0.3 is 15.4 Å². The van der Waals surface area contributed by atoms with Gasteiger partial charge in [-0.25, -0.2) is 14.4 Å². The molecule has 1 spiro atoms. The van der Waals surface area contributed by atoms with Gasteiger partial charge in [-0.2, -0.15) is 0 Å². The van der Waals surface area contributed by atoms with Gasteiger partial charge in [0.1, 0.15) is 0 Å². The summed E-state index contributed by atoms with van der Waals surface area (Å²) in [5.74, 6) is 0.371. The number of ether oxygens (including phenoxy) is 1. The normalized spacial score (nSPS) is 23.6. The molecule has 2 saturated heterocycles. The van der Waals surface area contributed by atoms with Crippen LogP contribution in [0.1, 0.15) is 25.5 Å². The highest BCUT2D eigenvalue weighted by atomic mass is 35.5. The van der Waals surface area contributed by atoms with E-state index in [9.17, 15) is 4.39 Å². The summed E-state index contributed by atoms with van der Waals surface area (Å²) in [6.07, 6.45) is 5.58. The summed E-state index contributed by atoms with van der Waals surface area (Å²) >= 11 is 6.03. The van der Waals surface area contributed by atoms with Crippen LogP contribution in [-0.2, 0) is 4.74 Å². The van der Waals surface area contributed by atoms with Crippen LogP contribution < -0.4 is 10.6 Å². The molecule has 0 amide bonds. The Labute approximate surface area is 179 Å². The predicted octanol–water partition coefficient (Wildman–Crippen LogP) is 3.83. The van der Waals surface area contributed by atoms with E-state index < -0.39 is 5.82 Å². The van der Waals surface area contributed by atoms with Crippen molar-refractivity contribution in [3.63, 3.8) is 0 Å². The Morgan fingerprint density at radius 3 is 2.77 bits per heavy atom. The second-order valence-corrected chi connectivity index (χ2v) is 8.89. The lowest BCUT2D eigenvalue weighted by atomic mass is 9.73. The molecule has 158 valence electrons. The number of aryl methyl sites for hydroxylation is 1. The number of benzene rings is 1. The first kappa shape index (κ1) is 19.7. The number of aromatic nitrogens is 3. The zero-order chi connectivity index (χ0) is 21.0. The third-order valence-corrected chi connectivity index (χ3v) is 7.10. The summed E-state index contributed by atoms with van der Waals surface area (Å²) in [5.41, 5.74) is 9.03. The second-order valence-electron chi connectivity index (χ2n) is 8.48. The van der Waals surface area contributed by atoms with Crippen molar-refractivity contribution in [2.24, 2.45) is 11.1 Å². The van der Waals surface area contributed by atoms with E-state index in [0.29, 0.717) is 16.9 Å². The number of anilines is 1. The van der Waals surface area contributed by atoms with Crippen molar-refractivity contribution >= 4 is 23.1 Å². The Bertz CT molecular complexity index is 1110. The van der Waals surface area contributed by atoms with E-state index in [4.69, 9.17) is 27.1 Å². The van der Waals surface area contributed by atoms with Crippen LogP contribution in [0.15, 0.2) is 30.6 Å². The molecule has 2 aromatic heterocycles. The van der Waals surface area contributed by atoms with Crippen molar-refractivity contribution in [1.29, 1.82) is 0 Å². The van der Waals surface area contributed by atoms with E-state index in [1.165, 1.54) is 0 Å². The van der Waals surface area contributed by atoms with Crippen LogP contribution in [0.25, 0.3) is 16.9 Å². The number of imidazole rings is 1. The standard InChI is InChI=1S/C22H25ClFN5O/c1-13-18(15-4-3-5-16(23)17(15)24)29-11-8-26-20(29)21(27-13)28-9-6-22(7-10-28)12-30-14(2)19(22)25/h3-5,8,11,14,19H,6-7,9-10,12,25H2,1-2H3/t14-,19+/m0/s1. The van der Waals surface area contributed by atoms with Crippen LogP contribution in [0.5, 0.6) is 0 Å². The van der Waals surface area contributed by atoms with Crippen molar-refractivity contribution in [2.45, 2.75) is 38.8 Å². The summed E-state index contributed by atoms with van der Waals surface area (Å²) in [6.45, 7) is 6.35. The molecular weight excluding hydrogens is 405 g/mol. The third-order valence-electron chi connectivity index (χ3n) is 6.81. The third kappa shape index (κ3) is 2.91. The van der Waals surface area contributed by atoms with Gasteiger partial charge in [0.25, 0.3) is 0 Å². The molecule has 2 aliphatic rings. The zero-order valence-electron chi connectivity index (χ0n) is 17.1. The average Bonchev–Trinajstić information content (AvgIpc) is 3.32. The van der Waals surface area contributed by atoms with Crippen LogP contribution in [-0.4, -0.2) is 46.2 Å². The number of halogens is 2. The first-order valence-electron chi connectivity index (χ1n) is 10.3. The molecule has 6 nitrogen and oxygen atoms in total. The molecule has 0 saturated carbocycles. The van der Waals surface area contributed by atoms with Crippen LogP contribution in [0.3, 0.4) is 0 Å². The minimum absolute atomic E-state index is 0.0422. The molecule has 1 aromatic carbocycles. The lowest BCUT2D eigenvalue weighted by Gasteiger charge is -2.41. The second kappa shape index (κ2) is 7.18. The topological polar surface area (TPSA) is 68.7 Å². The highest BCUT2D eigenvalue weighted by Gasteiger charge is 2.47. The van der Waals surface area contributed by atoms with Gasteiger partial charge in [0.15, 0.2) is 17.3 Å². The van der Waals surface area contributed by atoms with Crippen LogP contribution in [0.4, 0.5) is 10.2 Å². The van der Waals surface area contributed by atoms with Crippen molar-refractivity contribution in [3.05, 3.63) is 47.1 Å². The van der Waals surface area contributed by atoms with Crippen molar-refractivity contribution in [3.8, 4) is 11.3 Å².